The highest BCUT2D eigenvalue weighted by molar-refractivity contribution is 6.31. The van der Waals surface area contributed by atoms with E-state index in [1.165, 1.54) is 45.4 Å². The van der Waals surface area contributed by atoms with Gasteiger partial charge in [0.25, 0.3) is 5.91 Å². The van der Waals surface area contributed by atoms with Crippen molar-refractivity contribution in [1.29, 1.82) is 0 Å². The average Bonchev–Trinajstić information content (AvgIpc) is 2.67. The molecule has 156 valence electrons. The van der Waals surface area contributed by atoms with E-state index >= 15 is 0 Å². The van der Waals surface area contributed by atoms with Crippen LogP contribution in [0.4, 0.5) is 14.5 Å². The molecule has 0 bridgehead atoms. The summed E-state index contributed by atoms with van der Waals surface area (Å²) in [5.74, 6) is -1.94. The van der Waals surface area contributed by atoms with Crippen LogP contribution in [0.15, 0.2) is 36.4 Å². The van der Waals surface area contributed by atoms with E-state index in [1.807, 2.05) is 0 Å². The molecule has 0 aliphatic carbocycles. The Bertz CT molecular complexity index is 893. The monoisotopic (exact) mass is 429 g/mol. The summed E-state index contributed by atoms with van der Waals surface area (Å²) in [4.78, 5) is 24.8. The third kappa shape index (κ3) is 5.71. The summed E-state index contributed by atoms with van der Waals surface area (Å²) in [6.45, 7) is -1.87. The Balaban J connectivity index is 2.17. The maximum absolute atomic E-state index is 12.7. The van der Waals surface area contributed by atoms with E-state index in [0.717, 1.165) is 0 Å². The summed E-state index contributed by atoms with van der Waals surface area (Å²) in [5.41, 5.74) is -0.0411. The topological polar surface area (TPSA) is 83.1 Å². The van der Waals surface area contributed by atoms with Gasteiger partial charge in [0.1, 0.15) is 11.3 Å². The average molecular weight is 430 g/mol. The van der Waals surface area contributed by atoms with Crippen molar-refractivity contribution in [3.63, 3.8) is 0 Å². The normalized spacial score (nSPS) is 11.6. The lowest BCUT2D eigenvalue weighted by Crippen LogP contribution is -2.30. The molecule has 1 unspecified atom stereocenters. The lowest BCUT2D eigenvalue weighted by atomic mass is 10.2. The molecule has 0 aliphatic heterocycles. The molecule has 1 N–H and O–H groups in total. The fourth-order valence-electron chi connectivity index (χ4n) is 2.34. The fraction of sp³-hybridized carbons (Fsp3) is 0.263. The Kier molecular flexibility index (Phi) is 7.60. The molecule has 0 aliphatic rings. The number of anilines is 1. The van der Waals surface area contributed by atoms with Gasteiger partial charge in [0.05, 0.1) is 19.9 Å². The Morgan fingerprint density at radius 2 is 1.76 bits per heavy atom. The number of hydrogen-bond acceptors (Lipinski definition) is 6. The first kappa shape index (κ1) is 22.2. The number of rotatable bonds is 8. The highest BCUT2D eigenvalue weighted by Crippen LogP contribution is 2.33. The molecule has 0 fully saturated rings. The van der Waals surface area contributed by atoms with Gasteiger partial charge in [0.2, 0.25) is 0 Å². The zero-order chi connectivity index (χ0) is 21.6. The number of amides is 1. The van der Waals surface area contributed by atoms with Crippen LogP contribution >= 0.6 is 11.6 Å². The molecule has 0 saturated heterocycles. The predicted molar refractivity (Wildman–Crippen MR) is 101 cm³/mol. The quantitative estimate of drug-likeness (QED) is 0.635. The first-order valence-electron chi connectivity index (χ1n) is 8.24. The number of ether oxygens (including phenoxy) is 4. The van der Waals surface area contributed by atoms with Gasteiger partial charge in [-0.25, -0.2) is 4.79 Å². The van der Waals surface area contributed by atoms with Crippen LogP contribution < -0.4 is 19.5 Å². The zero-order valence-electron chi connectivity index (χ0n) is 15.7. The van der Waals surface area contributed by atoms with E-state index in [2.05, 4.69) is 10.1 Å². The second-order valence-corrected chi connectivity index (χ2v) is 6.03. The molecule has 2 aromatic carbocycles. The number of halogens is 3. The number of carbonyl (C=O) groups excluding carboxylic acids is 2. The van der Waals surface area contributed by atoms with Crippen LogP contribution in [0, 0.1) is 0 Å². The number of nitrogens with one attached hydrogen (secondary N) is 1. The minimum absolute atomic E-state index is 0.0829. The molecule has 29 heavy (non-hydrogen) atoms. The fourth-order valence-corrected chi connectivity index (χ4v) is 2.51. The van der Waals surface area contributed by atoms with Crippen LogP contribution in [-0.2, 0) is 9.53 Å². The third-order valence-corrected chi connectivity index (χ3v) is 3.93. The molecule has 2 aromatic rings. The van der Waals surface area contributed by atoms with Crippen molar-refractivity contribution in [1.82, 2.24) is 0 Å². The van der Waals surface area contributed by atoms with Crippen LogP contribution in [0.3, 0.4) is 0 Å². The standard InChI is InChI=1S/C19H18ClF2NO6/c1-10(17(24)23-13-9-11(20)7-8-14(13)26-2)28-18(25)12-5-4-6-15(27-3)16(12)29-19(21)22/h4-10,19H,1-3H3,(H,23,24). The van der Waals surface area contributed by atoms with E-state index in [4.69, 9.17) is 25.8 Å². The van der Waals surface area contributed by atoms with Crippen LogP contribution in [0.1, 0.15) is 17.3 Å². The number of carbonyl (C=O) groups is 2. The summed E-state index contributed by atoms with van der Waals surface area (Å²) in [6.07, 6.45) is -1.27. The summed E-state index contributed by atoms with van der Waals surface area (Å²) in [6, 6.07) is 8.55. The molecule has 2 rings (SSSR count). The van der Waals surface area contributed by atoms with Gasteiger partial charge in [-0.3, -0.25) is 4.79 Å². The lowest BCUT2D eigenvalue weighted by Gasteiger charge is -2.17. The first-order valence-corrected chi connectivity index (χ1v) is 8.61. The summed E-state index contributed by atoms with van der Waals surface area (Å²) >= 11 is 5.91. The molecule has 10 heteroatoms. The molecule has 0 aromatic heterocycles. The van der Waals surface area contributed by atoms with Crippen molar-refractivity contribution >= 4 is 29.2 Å². The van der Waals surface area contributed by atoms with Gasteiger partial charge < -0.3 is 24.3 Å². The van der Waals surface area contributed by atoms with Gasteiger partial charge in [-0.2, -0.15) is 8.78 Å². The molecule has 0 radical (unpaired) electrons. The number of alkyl halides is 2. The molecule has 7 nitrogen and oxygen atoms in total. The second kappa shape index (κ2) is 9.92. The largest absolute Gasteiger partial charge is 0.495 e. The van der Waals surface area contributed by atoms with Crippen molar-refractivity contribution in [2.24, 2.45) is 0 Å². The van der Waals surface area contributed by atoms with Gasteiger partial charge in [0.15, 0.2) is 17.6 Å². The van der Waals surface area contributed by atoms with Crippen molar-refractivity contribution in [3.8, 4) is 17.2 Å². The Hall–Kier alpha value is -3.07. The minimum Gasteiger partial charge on any atom is -0.495 e. The summed E-state index contributed by atoms with van der Waals surface area (Å²) < 4.78 is 44.9. The Labute approximate surface area is 170 Å². The number of methoxy groups -OCH3 is 2. The first-order chi connectivity index (χ1) is 13.8. The Morgan fingerprint density at radius 1 is 1.07 bits per heavy atom. The summed E-state index contributed by atoms with van der Waals surface area (Å²) in [7, 11) is 2.65. The van der Waals surface area contributed by atoms with Gasteiger partial charge in [-0.05, 0) is 37.3 Å². The maximum atomic E-state index is 12.7. The van der Waals surface area contributed by atoms with Gasteiger partial charge in [-0.1, -0.05) is 17.7 Å². The molecular weight excluding hydrogens is 412 g/mol. The SMILES string of the molecule is COc1ccc(Cl)cc1NC(=O)C(C)OC(=O)c1cccc(OC)c1OC(F)F. The van der Waals surface area contributed by atoms with Crippen molar-refractivity contribution < 1.29 is 37.3 Å². The van der Waals surface area contributed by atoms with Crippen molar-refractivity contribution in [2.75, 3.05) is 19.5 Å². The van der Waals surface area contributed by atoms with Gasteiger partial charge >= 0.3 is 12.6 Å². The van der Waals surface area contributed by atoms with E-state index in [9.17, 15) is 18.4 Å². The van der Waals surface area contributed by atoms with Crippen LogP contribution in [0.5, 0.6) is 17.2 Å². The van der Waals surface area contributed by atoms with Crippen LogP contribution in [0.2, 0.25) is 5.02 Å². The third-order valence-electron chi connectivity index (χ3n) is 3.70. The number of benzene rings is 2. The van der Waals surface area contributed by atoms with E-state index < -0.39 is 30.3 Å². The second-order valence-electron chi connectivity index (χ2n) is 5.60. The van der Waals surface area contributed by atoms with Crippen molar-refractivity contribution in [3.05, 3.63) is 47.0 Å². The van der Waals surface area contributed by atoms with E-state index in [1.54, 1.807) is 12.1 Å². The van der Waals surface area contributed by atoms with E-state index in [-0.39, 0.29) is 17.0 Å². The number of hydrogen-bond donors (Lipinski definition) is 1. The number of para-hydroxylation sites is 1. The molecule has 1 amide bonds. The van der Waals surface area contributed by atoms with Crippen LogP contribution in [-0.4, -0.2) is 38.8 Å². The summed E-state index contributed by atoms with van der Waals surface area (Å²) in [5, 5.41) is 2.88. The lowest BCUT2D eigenvalue weighted by molar-refractivity contribution is -0.123. The van der Waals surface area contributed by atoms with Gasteiger partial charge in [-0.15, -0.1) is 0 Å². The zero-order valence-corrected chi connectivity index (χ0v) is 16.5. The van der Waals surface area contributed by atoms with Crippen molar-refractivity contribution in [2.45, 2.75) is 19.6 Å². The van der Waals surface area contributed by atoms with Gasteiger partial charge in [0, 0.05) is 5.02 Å². The number of esters is 1. The molecule has 0 heterocycles. The van der Waals surface area contributed by atoms with E-state index in [0.29, 0.717) is 10.8 Å². The molecule has 0 spiro atoms. The molecular formula is C19H18ClF2NO6. The Morgan fingerprint density at radius 3 is 2.38 bits per heavy atom. The maximum Gasteiger partial charge on any atom is 0.387 e. The smallest absolute Gasteiger partial charge is 0.387 e. The molecule has 1 atom stereocenters. The highest BCUT2D eigenvalue weighted by atomic mass is 35.5. The predicted octanol–water partition coefficient (Wildman–Crippen LogP) is 4.14. The highest BCUT2D eigenvalue weighted by Gasteiger charge is 2.25. The molecule has 0 saturated carbocycles. The van der Waals surface area contributed by atoms with Crippen LogP contribution in [0.25, 0.3) is 0 Å². The minimum atomic E-state index is -3.19.